The minimum Gasteiger partial charge on any atom is -0.399 e. The van der Waals surface area contributed by atoms with Crippen LogP contribution >= 0.6 is 11.6 Å². The number of benzene rings is 1. The minimum atomic E-state index is 0.598. The van der Waals surface area contributed by atoms with Crippen LogP contribution in [0.25, 0.3) is 22.4 Å². The minimum absolute atomic E-state index is 0.598. The molecule has 0 saturated heterocycles. The third-order valence-corrected chi connectivity index (χ3v) is 3.23. The van der Waals surface area contributed by atoms with E-state index in [9.17, 15) is 0 Å². The maximum atomic E-state index is 6.21. The van der Waals surface area contributed by atoms with Crippen LogP contribution < -0.4 is 5.73 Å². The topological polar surface area (TPSA) is 56.7 Å². The van der Waals surface area contributed by atoms with E-state index in [0.717, 1.165) is 22.4 Å². The Morgan fingerprint density at radius 2 is 2.11 bits per heavy atom. The third-order valence-electron chi connectivity index (χ3n) is 2.92. The van der Waals surface area contributed by atoms with E-state index in [2.05, 4.69) is 9.97 Å². The molecule has 0 spiro atoms. The maximum absolute atomic E-state index is 6.21. The molecule has 18 heavy (non-hydrogen) atoms. The van der Waals surface area contributed by atoms with Crippen molar-refractivity contribution in [3.05, 3.63) is 41.7 Å². The first-order chi connectivity index (χ1) is 8.66. The first kappa shape index (κ1) is 11.0. The van der Waals surface area contributed by atoms with E-state index in [-0.39, 0.29) is 0 Å². The lowest BCUT2D eigenvalue weighted by Gasteiger charge is -2.05. The predicted octanol–water partition coefficient (Wildman–Crippen LogP) is 2.87. The molecule has 1 aromatic carbocycles. The molecule has 2 N–H and O–H groups in total. The number of imidazole rings is 1. The number of fused-ring (bicyclic) bond motifs is 1. The molecule has 0 radical (unpaired) electrons. The molecule has 0 aliphatic carbocycles. The van der Waals surface area contributed by atoms with Gasteiger partial charge in [0.15, 0.2) is 0 Å². The zero-order valence-electron chi connectivity index (χ0n) is 9.76. The van der Waals surface area contributed by atoms with Crippen molar-refractivity contribution in [2.45, 2.75) is 0 Å². The molecule has 2 aromatic heterocycles. The van der Waals surface area contributed by atoms with Gasteiger partial charge in [-0.2, -0.15) is 0 Å². The summed E-state index contributed by atoms with van der Waals surface area (Å²) in [6.45, 7) is 0. The van der Waals surface area contributed by atoms with Gasteiger partial charge in [0.1, 0.15) is 5.82 Å². The van der Waals surface area contributed by atoms with Gasteiger partial charge >= 0.3 is 0 Å². The highest BCUT2D eigenvalue weighted by atomic mass is 35.5. The highest BCUT2D eigenvalue weighted by Crippen LogP contribution is 2.30. The molecule has 0 atom stereocenters. The van der Waals surface area contributed by atoms with Gasteiger partial charge in [-0.1, -0.05) is 11.6 Å². The second-order valence-electron chi connectivity index (χ2n) is 4.10. The smallest absolute Gasteiger partial charge is 0.142 e. The fourth-order valence-electron chi connectivity index (χ4n) is 1.99. The summed E-state index contributed by atoms with van der Waals surface area (Å²) in [4.78, 5) is 8.67. The Labute approximate surface area is 109 Å². The third kappa shape index (κ3) is 1.62. The lowest BCUT2D eigenvalue weighted by Crippen LogP contribution is -1.94. The van der Waals surface area contributed by atoms with Gasteiger partial charge < -0.3 is 10.3 Å². The van der Waals surface area contributed by atoms with Crippen molar-refractivity contribution in [2.75, 3.05) is 5.73 Å². The quantitative estimate of drug-likeness (QED) is 0.683. The Hall–Kier alpha value is -2.07. The summed E-state index contributed by atoms with van der Waals surface area (Å²) in [7, 11) is 1.94. The molecule has 0 bridgehead atoms. The monoisotopic (exact) mass is 258 g/mol. The van der Waals surface area contributed by atoms with Crippen molar-refractivity contribution in [3.8, 4) is 11.4 Å². The summed E-state index contributed by atoms with van der Waals surface area (Å²) in [5.41, 5.74) is 9.08. The number of aryl methyl sites for hydroxylation is 1. The van der Waals surface area contributed by atoms with E-state index in [4.69, 9.17) is 17.3 Å². The van der Waals surface area contributed by atoms with Crippen molar-refractivity contribution in [1.29, 1.82) is 0 Å². The Morgan fingerprint density at radius 1 is 1.28 bits per heavy atom. The van der Waals surface area contributed by atoms with Crippen LogP contribution in [0.1, 0.15) is 0 Å². The fourth-order valence-corrected chi connectivity index (χ4v) is 2.26. The molecule has 3 aromatic rings. The normalized spacial score (nSPS) is 11.0. The van der Waals surface area contributed by atoms with Crippen LogP contribution in [0, 0.1) is 0 Å². The van der Waals surface area contributed by atoms with Crippen LogP contribution in [-0.2, 0) is 7.05 Å². The van der Waals surface area contributed by atoms with Crippen LogP contribution in [0.4, 0.5) is 5.69 Å². The van der Waals surface area contributed by atoms with Crippen molar-refractivity contribution < 1.29 is 0 Å². The Bertz CT molecular complexity index is 733. The second kappa shape index (κ2) is 3.99. The molecule has 0 fully saturated rings. The van der Waals surface area contributed by atoms with Crippen molar-refractivity contribution >= 4 is 28.3 Å². The lowest BCUT2D eigenvalue weighted by molar-refractivity contribution is 0.956. The summed E-state index contributed by atoms with van der Waals surface area (Å²) in [5, 5.41) is 0.598. The van der Waals surface area contributed by atoms with Crippen molar-refractivity contribution in [2.24, 2.45) is 7.05 Å². The molecule has 4 nitrogen and oxygen atoms in total. The van der Waals surface area contributed by atoms with Gasteiger partial charge in [-0.25, -0.2) is 4.98 Å². The van der Waals surface area contributed by atoms with E-state index in [1.807, 2.05) is 29.8 Å². The largest absolute Gasteiger partial charge is 0.399 e. The van der Waals surface area contributed by atoms with Gasteiger partial charge in [0.25, 0.3) is 0 Å². The van der Waals surface area contributed by atoms with E-state index < -0.39 is 0 Å². The van der Waals surface area contributed by atoms with Gasteiger partial charge in [0.05, 0.1) is 22.3 Å². The second-order valence-corrected chi connectivity index (χ2v) is 4.51. The van der Waals surface area contributed by atoms with Crippen LogP contribution in [0.5, 0.6) is 0 Å². The Kier molecular flexibility index (Phi) is 2.45. The van der Waals surface area contributed by atoms with Crippen LogP contribution in [0.15, 0.2) is 36.7 Å². The summed E-state index contributed by atoms with van der Waals surface area (Å²) in [5.74, 6) is 0.808. The predicted molar refractivity (Wildman–Crippen MR) is 73.4 cm³/mol. The summed E-state index contributed by atoms with van der Waals surface area (Å²) >= 11 is 6.21. The molecule has 0 amide bonds. The molecule has 0 unspecified atom stereocenters. The Balaban J connectivity index is 2.28. The zero-order valence-corrected chi connectivity index (χ0v) is 10.5. The number of hydrogen-bond donors (Lipinski definition) is 1. The molecule has 0 aliphatic rings. The van der Waals surface area contributed by atoms with Gasteiger partial charge in [0.2, 0.25) is 0 Å². The molecule has 2 heterocycles. The molecule has 90 valence electrons. The van der Waals surface area contributed by atoms with E-state index in [0.29, 0.717) is 10.7 Å². The van der Waals surface area contributed by atoms with E-state index in [1.165, 1.54) is 0 Å². The fraction of sp³-hybridized carbons (Fsp3) is 0.0769. The first-order valence-electron chi connectivity index (χ1n) is 5.48. The molecular formula is C13H11ClN4. The van der Waals surface area contributed by atoms with Crippen LogP contribution in [-0.4, -0.2) is 14.5 Å². The number of nitrogen functional groups attached to an aromatic ring is 1. The molecule has 3 rings (SSSR count). The first-order valence-corrected chi connectivity index (χ1v) is 5.86. The maximum Gasteiger partial charge on any atom is 0.142 e. The summed E-state index contributed by atoms with van der Waals surface area (Å²) in [6, 6.07) is 7.31. The number of nitrogens with zero attached hydrogens (tertiary/aromatic N) is 3. The number of aromatic nitrogens is 3. The SMILES string of the molecule is Cn1c(-c2ccc(N)cc2Cl)nc2ccncc21. The van der Waals surface area contributed by atoms with Crippen molar-refractivity contribution in [1.82, 2.24) is 14.5 Å². The van der Waals surface area contributed by atoms with E-state index >= 15 is 0 Å². The average molecular weight is 259 g/mol. The number of hydrogen-bond acceptors (Lipinski definition) is 3. The molecule has 5 heteroatoms. The zero-order chi connectivity index (χ0) is 12.7. The van der Waals surface area contributed by atoms with Gasteiger partial charge in [0, 0.05) is 24.5 Å². The van der Waals surface area contributed by atoms with Crippen LogP contribution in [0.3, 0.4) is 0 Å². The number of anilines is 1. The molecular weight excluding hydrogens is 248 g/mol. The highest BCUT2D eigenvalue weighted by molar-refractivity contribution is 6.33. The number of rotatable bonds is 1. The van der Waals surface area contributed by atoms with Gasteiger partial charge in [-0.05, 0) is 24.3 Å². The van der Waals surface area contributed by atoms with Crippen molar-refractivity contribution in [3.63, 3.8) is 0 Å². The average Bonchev–Trinajstić information content (AvgIpc) is 2.68. The van der Waals surface area contributed by atoms with E-state index in [1.54, 1.807) is 18.5 Å². The van der Waals surface area contributed by atoms with Gasteiger partial charge in [-0.3, -0.25) is 4.98 Å². The number of pyridine rings is 1. The highest BCUT2D eigenvalue weighted by Gasteiger charge is 2.12. The van der Waals surface area contributed by atoms with Gasteiger partial charge in [-0.15, -0.1) is 0 Å². The summed E-state index contributed by atoms with van der Waals surface area (Å²) < 4.78 is 1.97. The lowest BCUT2D eigenvalue weighted by atomic mass is 10.2. The number of nitrogens with two attached hydrogens (primary N) is 1. The molecule has 0 saturated carbocycles. The molecule has 0 aliphatic heterocycles. The standard InChI is InChI=1S/C13H11ClN4/c1-18-12-7-16-5-4-11(12)17-13(18)9-3-2-8(15)6-10(9)14/h2-7H,15H2,1H3. The van der Waals surface area contributed by atoms with Crippen LogP contribution in [0.2, 0.25) is 5.02 Å². The Morgan fingerprint density at radius 3 is 2.83 bits per heavy atom. The summed E-state index contributed by atoms with van der Waals surface area (Å²) in [6.07, 6.45) is 3.51. The number of halogens is 1.